The molecule has 0 aliphatic carbocycles. The number of hydrogen-bond acceptors (Lipinski definition) is 4. The number of aliphatic hydroxyl groups excluding tert-OH is 1. The van der Waals surface area contributed by atoms with Crippen molar-refractivity contribution in [2.24, 2.45) is 0 Å². The molecule has 0 heterocycles. The molecule has 2 aromatic rings. The molecule has 0 fully saturated rings. The molecule has 0 radical (unpaired) electrons. The third-order valence-electron chi connectivity index (χ3n) is 3.91. The molecule has 0 saturated carbocycles. The molecule has 0 aliphatic heterocycles. The molecule has 2 N–H and O–H groups in total. The molecule has 0 aromatic heterocycles. The number of ether oxygens (including phenoxy) is 1. The Morgan fingerprint density at radius 1 is 1.18 bits per heavy atom. The zero-order valence-electron chi connectivity index (χ0n) is 15.7. The first-order chi connectivity index (χ1) is 13.2. The van der Waals surface area contributed by atoms with Gasteiger partial charge in [-0.15, -0.1) is 0 Å². The fraction of sp³-hybridized carbons (Fsp3) is 0.350. The Morgan fingerprint density at radius 3 is 2.43 bits per heavy atom. The number of anilines is 2. The van der Waals surface area contributed by atoms with Crippen molar-refractivity contribution in [3.8, 4) is 5.75 Å². The minimum Gasteiger partial charge on any atom is -0.491 e. The number of alkyl halides is 3. The summed E-state index contributed by atoms with van der Waals surface area (Å²) in [5.41, 5.74) is -0.478. The Hall–Kier alpha value is -2.74. The van der Waals surface area contributed by atoms with Crippen molar-refractivity contribution < 1.29 is 27.8 Å². The maximum absolute atomic E-state index is 13.4. The molecule has 0 bridgehead atoms. The number of aliphatic hydroxyl groups is 1. The molecule has 152 valence electrons. The van der Waals surface area contributed by atoms with Gasteiger partial charge in [0, 0.05) is 17.4 Å². The largest absolute Gasteiger partial charge is 0.491 e. The van der Waals surface area contributed by atoms with Crippen LogP contribution in [0.15, 0.2) is 48.5 Å². The van der Waals surface area contributed by atoms with E-state index in [0.717, 1.165) is 6.07 Å². The van der Waals surface area contributed by atoms with E-state index in [2.05, 4.69) is 5.32 Å². The van der Waals surface area contributed by atoms with Gasteiger partial charge in [-0.25, -0.2) is 0 Å². The number of carbonyl (C=O) groups excluding carboxylic acids is 1. The van der Waals surface area contributed by atoms with Crippen LogP contribution in [0, 0.1) is 0 Å². The standard InChI is InChI=1S/C20H23F3N2O3/c1-14(2)25(15-6-4-3-5-7-15)19(27)13-24-18-9-8-16(28-11-10-26)12-17(18)20(21,22)23/h3-9,12,14,24,26H,10-11,13H2,1-2H3. The van der Waals surface area contributed by atoms with Crippen molar-refractivity contribution in [2.45, 2.75) is 26.1 Å². The number of benzene rings is 2. The number of amides is 1. The van der Waals surface area contributed by atoms with E-state index in [0.29, 0.717) is 5.69 Å². The summed E-state index contributed by atoms with van der Waals surface area (Å²) in [5, 5.41) is 11.3. The van der Waals surface area contributed by atoms with E-state index in [-0.39, 0.29) is 43.1 Å². The van der Waals surface area contributed by atoms with Gasteiger partial charge in [0.1, 0.15) is 12.4 Å². The van der Waals surface area contributed by atoms with E-state index < -0.39 is 11.7 Å². The highest BCUT2D eigenvalue weighted by Crippen LogP contribution is 2.37. The fourth-order valence-electron chi connectivity index (χ4n) is 2.74. The lowest BCUT2D eigenvalue weighted by atomic mass is 10.1. The number of nitrogens with zero attached hydrogens (tertiary/aromatic N) is 1. The fourth-order valence-corrected chi connectivity index (χ4v) is 2.74. The zero-order chi connectivity index (χ0) is 20.7. The topological polar surface area (TPSA) is 61.8 Å². The summed E-state index contributed by atoms with van der Waals surface area (Å²) in [6, 6.07) is 12.2. The highest BCUT2D eigenvalue weighted by molar-refractivity contribution is 5.96. The van der Waals surface area contributed by atoms with E-state index in [1.165, 1.54) is 17.0 Å². The molecule has 5 nitrogen and oxygen atoms in total. The smallest absolute Gasteiger partial charge is 0.418 e. The predicted molar refractivity (Wildman–Crippen MR) is 102 cm³/mol. The number of hydrogen-bond donors (Lipinski definition) is 2. The number of para-hydroxylation sites is 1. The van der Waals surface area contributed by atoms with Crippen LogP contribution in [-0.4, -0.2) is 36.8 Å². The van der Waals surface area contributed by atoms with Crippen LogP contribution in [0.1, 0.15) is 19.4 Å². The summed E-state index contributed by atoms with van der Waals surface area (Å²) in [6.45, 7) is 2.95. The van der Waals surface area contributed by atoms with Crippen molar-refractivity contribution in [3.63, 3.8) is 0 Å². The molecular weight excluding hydrogens is 373 g/mol. The van der Waals surface area contributed by atoms with Gasteiger partial charge in [0.05, 0.1) is 18.7 Å². The van der Waals surface area contributed by atoms with Crippen LogP contribution < -0.4 is 15.0 Å². The van der Waals surface area contributed by atoms with Crippen molar-refractivity contribution in [1.29, 1.82) is 0 Å². The van der Waals surface area contributed by atoms with Gasteiger partial charge in [-0.1, -0.05) is 18.2 Å². The first-order valence-electron chi connectivity index (χ1n) is 8.80. The van der Waals surface area contributed by atoms with Gasteiger partial charge in [0.15, 0.2) is 0 Å². The van der Waals surface area contributed by atoms with Crippen molar-refractivity contribution in [1.82, 2.24) is 0 Å². The maximum atomic E-state index is 13.4. The molecule has 0 aliphatic rings. The van der Waals surface area contributed by atoms with Crippen LogP contribution in [-0.2, 0) is 11.0 Å². The monoisotopic (exact) mass is 396 g/mol. The molecule has 2 rings (SSSR count). The minimum absolute atomic E-state index is 0.00801. The Labute approximate surface area is 161 Å². The highest BCUT2D eigenvalue weighted by atomic mass is 19.4. The molecule has 0 atom stereocenters. The summed E-state index contributed by atoms with van der Waals surface area (Å²) in [7, 11) is 0. The van der Waals surface area contributed by atoms with Gasteiger partial charge >= 0.3 is 6.18 Å². The van der Waals surface area contributed by atoms with Crippen LogP contribution in [0.4, 0.5) is 24.5 Å². The minimum atomic E-state index is -4.62. The van der Waals surface area contributed by atoms with E-state index in [4.69, 9.17) is 9.84 Å². The predicted octanol–water partition coefficient (Wildman–Crippen LogP) is 3.93. The number of carbonyl (C=O) groups is 1. The maximum Gasteiger partial charge on any atom is 0.418 e. The second kappa shape index (κ2) is 9.45. The van der Waals surface area contributed by atoms with E-state index in [9.17, 15) is 18.0 Å². The third kappa shape index (κ3) is 5.63. The Morgan fingerprint density at radius 2 is 1.86 bits per heavy atom. The van der Waals surface area contributed by atoms with Crippen LogP contribution >= 0.6 is 0 Å². The number of nitrogens with one attached hydrogen (secondary N) is 1. The van der Waals surface area contributed by atoms with Gasteiger partial charge in [0.25, 0.3) is 0 Å². The Balaban J connectivity index is 2.19. The molecule has 28 heavy (non-hydrogen) atoms. The first kappa shape index (κ1) is 21.6. The summed E-state index contributed by atoms with van der Waals surface area (Å²) in [5.74, 6) is -0.360. The van der Waals surface area contributed by atoms with E-state index in [1.807, 2.05) is 19.9 Å². The summed E-state index contributed by atoms with van der Waals surface area (Å²) in [6.07, 6.45) is -4.62. The van der Waals surface area contributed by atoms with Crippen molar-refractivity contribution in [3.05, 3.63) is 54.1 Å². The normalized spacial score (nSPS) is 11.4. The van der Waals surface area contributed by atoms with Crippen LogP contribution in [0.5, 0.6) is 5.75 Å². The molecule has 0 saturated heterocycles. The van der Waals surface area contributed by atoms with Crippen molar-refractivity contribution >= 4 is 17.3 Å². The van der Waals surface area contributed by atoms with Gasteiger partial charge in [-0.05, 0) is 44.2 Å². The molecule has 2 aromatic carbocycles. The Kier molecular flexibility index (Phi) is 7.28. The van der Waals surface area contributed by atoms with Crippen LogP contribution in [0.3, 0.4) is 0 Å². The van der Waals surface area contributed by atoms with Gasteiger partial charge in [-0.3, -0.25) is 4.79 Å². The second-order valence-electron chi connectivity index (χ2n) is 6.32. The SMILES string of the molecule is CC(C)N(C(=O)CNc1ccc(OCCO)cc1C(F)(F)F)c1ccccc1. The van der Waals surface area contributed by atoms with Gasteiger partial charge in [0.2, 0.25) is 5.91 Å². The second-order valence-corrected chi connectivity index (χ2v) is 6.32. The lowest BCUT2D eigenvalue weighted by Crippen LogP contribution is -2.40. The summed E-state index contributed by atoms with van der Waals surface area (Å²) >= 11 is 0. The highest BCUT2D eigenvalue weighted by Gasteiger charge is 2.34. The van der Waals surface area contributed by atoms with E-state index in [1.54, 1.807) is 24.3 Å². The van der Waals surface area contributed by atoms with Gasteiger partial charge in [-0.2, -0.15) is 13.2 Å². The average Bonchev–Trinajstić information content (AvgIpc) is 2.65. The lowest BCUT2D eigenvalue weighted by Gasteiger charge is -2.27. The first-order valence-corrected chi connectivity index (χ1v) is 8.80. The summed E-state index contributed by atoms with van der Waals surface area (Å²) < 4.78 is 45.2. The molecule has 1 amide bonds. The number of rotatable bonds is 8. The molecule has 8 heteroatoms. The van der Waals surface area contributed by atoms with Crippen LogP contribution in [0.2, 0.25) is 0 Å². The molecular formula is C20H23F3N2O3. The van der Waals surface area contributed by atoms with Gasteiger partial charge < -0.3 is 20.1 Å². The number of halogens is 3. The molecule has 0 unspecified atom stereocenters. The Bertz CT molecular complexity index is 780. The average molecular weight is 396 g/mol. The van der Waals surface area contributed by atoms with Crippen molar-refractivity contribution in [2.75, 3.05) is 30.0 Å². The third-order valence-corrected chi connectivity index (χ3v) is 3.91. The zero-order valence-corrected chi connectivity index (χ0v) is 15.7. The lowest BCUT2D eigenvalue weighted by molar-refractivity contribution is -0.137. The summed E-state index contributed by atoms with van der Waals surface area (Å²) in [4.78, 5) is 14.2. The quantitative estimate of drug-likeness (QED) is 0.710. The molecule has 0 spiro atoms. The van der Waals surface area contributed by atoms with Crippen LogP contribution in [0.25, 0.3) is 0 Å². The van der Waals surface area contributed by atoms with E-state index >= 15 is 0 Å².